The van der Waals surface area contributed by atoms with E-state index in [1.807, 2.05) is 69.3 Å². The van der Waals surface area contributed by atoms with E-state index < -0.39 is 93.1 Å². The standard InChI is InChI=1S/C33H33N5O6.C25H35N6O8P.CH4.H5P3/c1-20(39)26-27-28(44-32(41-3)43-27)31(42-26)38-19-36-25-29(34-18-35-30(25)38)37-33(21-10-6-4-7-11-21,22-12-8-5-9-13-22)23-14-16-24(40-2)17-15-23;1-14(24(34)36-11-25(3,4)5)30-40(35,39-16-9-7-6-8-10-16)38-15(2)20-18(32)19(33)23(37-20)31-13-29-17-21(26)27-12-28-22(17)31;;1-3-2/h4-20,26-28,31-32,39H,1-3H3,(H,34,35,37);6-10,12-15,18-20,23,32-33H,11H2,1-5H3,(H,30,35)(H2,26,27,28);1H4;3H,1-2H2/t20-,26+,27+,28+,31+,32?;14-,15-,18-,19+,20+,23+,40?;;/m00../s1. The van der Waals surface area contributed by atoms with E-state index in [-0.39, 0.29) is 31.0 Å². The van der Waals surface area contributed by atoms with Gasteiger partial charge in [-0.25, -0.2) is 34.5 Å². The normalized spacial score (nSPS) is 23.2. The summed E-state index contributed by atoms with van der Waals surface area (Å²) in [6.45, 7) is 9.66. The first-order valence-corrected chi connectivity index (χ1v) is 33.9. The monoisotopic (exact) mass is 1290 g/mol. The van der Waals surface area contributed by atoms with Crippen LogP contribution >= 0.6 is 33.6 Å². The van der Waals surface area contributed by atoms with Gasteiger partial charge in [-0.3, -0.25) is 18.5 Å². The van der Waals surface area contributed by atoms with Crippen LogP contribution in [0.3, 0.4) is 0 Å². The van der Waals surface area contributed by atoms with Crippen molar-refractivity contribution >= 4 is 73.5 Å². The van der Waals surface area contributed by atoms with Crippen LogP contribution in [0.2, 0.25) is 0 Å². The molecule has 3 aliphatic heterocycles. The molecule has 0 spiro atoms. The number of para-hydroxylation sites is 1. The molecule has 0 aliphatic carbocycles. The van der Waals surface area contributed by atoms with Gasteiger partial charge < -0.3 is 64.1 Å². The molecule has 3 fully saturated rings. The Hall–Kier alpha value is -6.23. The molecule has 88 heavy (non-hydrogen) atoms. The van der Waals surface area contributed by atoms with Crippen molar-refractivity contribution in [1.82, 2.24) is 44.1 Å². The van der Waals surface area contributed by atoms with Gasteiger partial charge in [0.25, 0.3) is 6.48 Å². The Balaban J connectivity index is 0.000000217. The van der Waals surface area contributed by atoms with Gasteiger partial charge in [0.05, 0.1) is 38.6 Å². The first-order chi connectivity index (χ1) is 41.7. The minimum atomic E-state index is -4.28. The Bertz CT molecular complexity index is 3540. The third kappa shape index (κ3) is 15.0. The Morgan fingerprint density at radius 2 is 1.25 bits per heavy atom. The molecule has 472 valence electrons. The van der Waals surface area contributed by atoms with Crippen LogP contribution in [0.4, 0.5) is 11.6 Å². The first kappa shape index (κ1) is 67.7. The lowest BCUT2D eigenvalue weighted by Gasteiger charge is -2.37. The molecule has 11 rings (SSSR count). The Morgan fingerprint density at radius 1 is 0.716 bits per heavy atom. The second-order valence-electron chi connectivity index (χ2n) is 21.8. The summed E-state index contributed by atoms with van der Waals surface area (Å²) in [6.07, 6.45) is -3.63. The van der Waals surface area contributed by atoms with E-state index in [1.165, 1.54) is 44.5 Å². The molecular weight excluding hydrogens is 1210 g/mol. The number of ether oxygens (including phenoxy) is 7. The molecule has 0 radical (unpaired) electrons. The molecule has 0 saturated carbocycles. The predicted octanol–water partition coefficient (Wildman–Crippen LogP) is 8.30. The Morgan fingerprint density at radius 3 is 1.83 bits per heavy atom. The minimum absolute atomic E-state index is 0. The average molecular weight is 1290 g/mol. The van der Waals surface area contributed by atoms with Crippen molar-refractivity contribution in [2.75, 3.05) is 31.9 Å². The van der Waals surface area contributed by atoms with Gasteiger partial charge in [0.15, 0.2) is 40.9 Å². The number of rotatable bonds is 19. The van der Waals surface area contributed by atoms with E-state index in [2.05, 4.69) is 84.6 Å². The SMILES string of the molecule is C.COc1ccc(C(Nc2ncnc3c2ncn3[C@@H]2O[C@H]([C@H](C)O)[C@H]3OC(OC)O[C@H]32)(c2ccccc2)c2ccccc2)cc1.C[C@H](NP(=O)(Oc1ccccc1)O[C@@H](C)[C@H]1O[C@@H](n2cnc3c(N)ncnc32)[C@H](O)[C@@H]1O)C(=O)OCC(C)(C)C.PPP. The van der Waals surface area contributed by atoms with Crippen LogP contribution in [0.25, 0.3) is 22.3 Å². The van der Waals surface area contributed by atoms with Gasteiger partial charge in [-0.2, -0.15) is 5.09 Å². The molecule has 8 aromatic rings. The van der Waals surface area contributed by atoms with Crippen LogP contribution in [0, 0.1) is 5.41 Å². The van der Waals surface area contributed by atoms with Gasteiger partial charge in [-0.15, -0.1) is 17.9 Å². The van der Waals surface area contributed by atoms with E-state index in [0.29, 0.717) is 28.1 Å². The number of aromatic nitrogens is 8. The van der Waals surface area contributed by atoms with Crippen LogP contribution < -0.4 is 25.4 Å². The van der Waals surface area contributed by atoms with Gasteiger partial charge in [-0.1, -0.05) is 127 Å². The van der Waals surface area contributed by atoms with Crippen molar-refractivity contribution in [2.24, 2.45) is 5.41 Å². The Kier molecular flexibility index (Phi) is 22.8. The van der Waals surface area contributed by atoms with Crippen molar-refractivity contribution < 1.29 is 66.9 Å². The number of nitrogens with one attached hydrogen (secondary N) is 2. The lowest BCUT2D eigenvalue weighted by atomic mass is 9.77. The van der Waals surface area contributed by atoms with Gasteiger partial charge >= 0.3 is 13.7 Å². The first-order valence-electron chi connectivity index (χ1n) is 27.7. The number of nitrogen functional groups attached to an aromatic ring is 1. The molecule has 25 nitrogen and oxygen atoms in total. The highest BCUT2D eigenvalue weighted by Gasteiger charge is 2.56. The number of nitrogens with two attached hydrogens (primary N) is 1. The van der Waals surface area contributed by atoms with Crippen LogP contribution in [0.1, 0.15) is 78.1 Å². The number of benzene rings is 4. The van der Waals surface area contributed by atoms with Gasteiger partial charge in [-0.05, 0) is 67.1 Å². The summed E-state index contributed by atoms with van der Waals surface area (Å²) in [5, 5.41) is 38.5. The summed E-state index contributed by atoms with van der Waals surface area (Å²) in [4.78, 5) is 38.9. The number of carbonyl (C=O) groups is 1. The van der Waals surface area contributed by atoms with Gasteiger partial charge in [0.1, 0.15) is 77.9 Å². The van der Waals surface area contributed by atoms with Crippen molar-refractivity contribution in [3.63, 3.8) is 0 Å². The highest BCUT2D eigenvalue weighted by molar-refractivity contribution is 8.33. The highest BCUT2D eigenvalue weighted by atomic mass is 32.4. The summed E-state index contributed by atoms with van der Waals surface area (Å²) in [5.41, 5.74) is 9.39. The molecule has 0 amide bonds. The third-order valence-electron chi connectivity index (χ3n) is 14.3. The van der Waals surface area contributed by atoms with Crippen molar-refractivity contribution in [3.8, 4) is 11.5 Å². The summed E-state index contributed by atoms with van der Waals surface area (Å²) < 4.78 is 69.0. The number of anilines is 2. The zero-order valence-electron chi connectivity index (χ0n) is 49.0. The summed E-state index contributed by atoms with van der Waals surface area (Å²) >= 11 is 0. The molecule has 3 aliphatic rings. The second-order valence-corrected chi connectivity index (χ2v) is 27.8. The van der Waals surface area contributed by atoms with Crippen molar-refractivity contribution in [1.29, 1.82) is 0 Å². The molecule has 0 bridgehead atoms. The average Bonchev–Trinajstić information content (AvgIpc) is 1.31. The number of hydrogen-bond donors (Lipinski definition) is 6. The van der Waals surface area contributed by atoms with Gasteiger partial charge in [0.2, 0.25) is 0 Å². The predicted molar refractivity (Wildman–Crippen MR) is 339 cm³/mol. The van der Waals surface area contributed by atoms with E-state index in [9.17, 15) is 24.7 Å². The van der Waals surface area contributed by atoms with E-state index >= 15 is 0 Å². The fourth-order valence-electron chi connectivity index (χ4n) is 10.3. The number of carbonyl (C=O) groups excluding carboxylic acids is 1. The van der Waals surface area contributed by atoms with E-state index in [0.717, 1.165) is 30.4 Å². The minimum Gasteiger partial charge on any atom is -0.497 e. The molecule has 7 N–H and O–H groups in total. The largest absolute Gasteiger partial charge is 0.497 e. The molecule has 7 heterocycles. The van der Waals surface area contributed by atoms with Gasteiger partial charge in [0, 0.05) is 7.11 Å². The van der Waals surface area contributed by atoms with Crippen LogP contribution in [0.5, 0.6) is 11.5 Å². The van der Waals surface area contributed by atoms with Crippen molar-refractivity contribution in [2.45, 2.75) is 128 Å². The topological polar surface area (TPSA) is 315 Å². The number of imidazole rings is 2. The van der Waals surface area contributed by atoms with Crippen LogP contribution in [-0.4, -0.2) is 143 Å². The van der Waals surface area contributed by atoms with E-state index in [4.69, 9.17) is 57.9 Å². The van der Waals surface area contributed by atoms with Crippen LogP contribution in [-0.2, 0) is 47.8 Å². The van der Waals surface area contributed by atoms with E-state index in [1.54, 1.807) is 55.3 Å². The quantitative estimate of drug-likeness (QED) is 0.0252. The summed E-state index contributed by atoms with van der Waals surface area (Å²) in [5.74, 6) is 0.992. The smallest absolute Gasteiger partial charge is 0.459 e. The molecule has 4 aromatic heterocycles. The third-order valence-corrected chi connectivity index (χ3v) is 16.1. The molecule has 4 aromatic carbocycles. The Labute approximate surface area is 516 Å². The van der Waals surface area contributed by atoms with Crippen LogP contribution in [0.15, 0.2) is 141 Å². The zero-order chi connectivity index (χ0) is 62.2. The number of esters is 1. The fourth-order valence-corrected chi connectivity index (χ4v) is 12.0. The number of fused-ring (bicyclic) bond motifs is 3. The number of aliphatic hydroxyl groups is 3. The lowest BCUT2D eigenvalue weighted by Crippen LogP contribution is -2.41. The fraction of sp³-hybridized carbons (Fsp3) is 0.407. The zero-order valence-corrected chi connectivity index (χ0v) is 53.2. The second kappa shape index (κ2) is 29.6. The number of aliphatic hydroxyl groups excluding tert-OH is 3. The summed E-state index contributed by atoms with van der Waals surface area (Å²) in [6, 6.07) is 35.6. The summed E-state index contributed by atoms with van der Waals surface area (Å²) in [7, 11) is 4.94. The molecule has 4 unspecified atom stereocenters. The number of hydrogen-bond acceptors (Lipinski definition) is 22. The molecular formula is C59H77N11O14P4. The number of nitrogens with zero attached hydrogens (tertiary/aromatic N) is 8. The number of methoxy groups -OCH3 is 2. The maximum atomic E-state index is 14.0. The maximum absolute atomic E-state index is 14.0. The molecule has 3 saturated heterocycles. The van der Waals surface area contributed by atoms with Crippen molar-refractivity contribution in [3.05, 3.63) is 157 Å². The molecule has 15 atom stereocenters. The molecule has 29 heteroatoms. The lowest BCUT2D eigenvalue weighted by molar-refractivity contribution is -0.259. The maximum Gasteiger partial charge on any atom is 0.459 e. The highest BCUT2D eigenvalue weighted by Crippen LogP contribution is 2.49.